The molecular weight excluding hydrogens is 238 g/mol. The zero-order chi connectivity index (χ0) is 13.7. The molecule has 1 aromatic rings. The molecule has 0 radical (unpaired) electrons. The molecule has 0 aliphatic carbocycles. The second kappa shape index (κ2) is 6.10. The minimum atomic E-state index is -1.05. The molecule has 0 spiro atoms. The van der Waals surface area contributed by atoms with Crippen molar-refractivity contribution < 1.29 is 13.6 Å². The number of nitriles is 1. The number of hydrogen-bond acceptors (Lipinski definition) is 2. The Morgan fingerprint density at radius 3 is 2.61 bits per heavy atom. The number of carbonyl (C=O) groups is 1. The van der Waals surface area contributed by atoms with Crippen LogP contribution in [0, 0.1) is 28.9 Å². The Bertz CT molecular complexity index is 482. The standard InChI is InChI=1S/C13H14F2N2O/c1-3-17(8-9(2)7-16)13(18)10-4-5-11(14)12(15)6-10/h4-6,9H,3,8H2,1-2H3. The van der Waals surface area contributed by atoms with Crippen LogP contribution in [-0.4, -0.2) is 23.9 Å². The van der Waals surface area contributed by atoms with Crippen molar-refractivity contribution in [2.75, 3.05) is 13.1 Å². The number of amides is 1. The second-order valence-electron chi connectivity index (χ2n) is 4.00. The van der Waals surface area contributed by atoms with Gasteiger partial charge in [0, 0.05) is 18.7 Å². The van der Waals surface area contributed by atoms with Gasteiger partial charge in [-0.3, -0.25) is 4.79 Å². The Hall–Kier alpha value is -1.96. The lowest BCUT2D eigenvalue weighted by Gasteiger charge is -2.22. The summed E-state index contributed by atoms with van der Waals surface area (Å²) >= 11 is 0. The number of benzene rings is 1. The minimum Gasteiger partial charge on any atom is -0.338 e. The van der Waals surface area contributed by atoms with Gasteiger partial charge in [0.2, 0.25) is 0 Å². The number of hydrogen-bond donors (Lipinski definition) is 0. The molecule has 0 saturated carbocycles. The van der Waals surface area contributed by atoms with Crippen LogP contribution in [0.3, 0.4) is 0 Å². The number of carbonyl (C=O) groups excluding carboxylic acids is 1. The van der Waals surface area contributed by atoms with Gasteiger partial charge in [0.05, 0.1) is 12.0 Å². The van der Waals surface area contributed by atoms with E-state index in [1.807, 2.05) is 6.07 Å². The number of nitrogens with zero attached hydrogens (tertiary/aromatic N) is 2. The van der Waals surface area contributed by atoms with E-state index < -0.39 is 17.5 Å². The third kappa shape index (κ3) is 3.27. The molecule has 1 amide bonds. The highest BCUT2D eigenvalue weighted by Crippen LogP contribution is 2.12. The van der Waals surface area contributed by atoms with Crippen molar-refractivity contribution in [3.05, 3.63) is 35.4 Å². The van der Waals surface area contributed by atoms with E-state index in [0.717, 1.165) is 12.1 Å². The second-order valence-corrected chi connectivity index (χ2v) is 4.00. The first-order valence-corrected chi connectivity index (χ1v) is 5.63. The van der Waals surface area contributed by atoms with E-state index in [0.29, 0.717) is 6.54 Å². The van der Waals surface area contributed by atoms with Crippen LogP contribution in [0.15, 0.2) is 18.2 Å². The maximum atomic E-state index is 13.0. The Balaban J connectivity index is 2.90. The van der Waals surface area contributed by atoms with Crippen molar-refractivity contribution in [2.45, 2.75) is 13.8 Å². The van der Waals surface area contributed by atoms with Gasteiger partial charge < -0.3 is 4.90 Å². The molecule has 0 fully saturated rings. The van der Waals surface area contributed by atoms with Gasteiger partial charge in [-0.15, -0.1) is 0 Å². The lowest BCUT2D eigenvalue weighted by atomic mass is 10.1. The first-order valence-electron chi connectivity index (χ1n) is 5.63. The lowest BCUT2D eigenvalue weighted by molar-refractivity contribution is 0.0752. The Morgan fingerprint density at radius 1 is 1.44 bits per heavy atom. The van der Waals surface area contributed by atoms with E-state index >= 15 is 0 Å². The predicted octanol–water partition coefficient (Wildman–Crippen LogP) is 2.59. The first kappa shape index (κ1) is 14.1. The van der Waals surface area contributed by atoms with Gasteiger partial charge >= 0.3 is 0 Å². The summed E-state index contributed by atoms with van der Waals surface area (Å²) in [5.74, 6) is -2.75. The van der Waals surface area contributed by atoms with Gasteiger partial charge in [0.1, 0.15) is 0 Å². The van der Waals surface area contributed by atoms with Crippen molar-refractivity contribution in [1.82, 2.24) is 4.90 Å². The van der Waals surface area contributed by atoms with E-state index in [9.17, 15) is 13.6 Å². The maximum Gasteiger partial charge on any atom is 0.253 e. The van der Waals surface area contributed by atoms with Gasteiger partial charge in [0.25, 0.3) is 5.91 Å². The van der Waals surface area contributed by atoms with Crippen LogP contribution in [0.4, 0.5) is 8.78 Å². The molecular formula is C13H14F2N2O. The zero-order valence-electron chi connectivity index (χ0n) is 10.3. The minimum absolute atomic E-state index is 0.0842. The van der Waals surface area contributed by atoms with Crippen molar-refractivity contribution in [1.29, 1.82) is 5.26 Å². The van der Waals surface area contributed by atoms with Crippen LogP contribution in [0.1, 0.15) is 24.2 Å². The highest BCUT2D eigenvalue weighted by atomic mass is 19.2. The Labute approximate surface area is 105 Å². The van der Waals surface area contributed by atoms with Crippen molar-refractivity contribution >= 4 is 5.91 Å². The van der Waals surface area contributed by atoms with Crippen molar-refractivity contribution in [3.63, 3.8) is 0 Å². The summed E-state index contributed by atoms with van der Waals surface area (Å²) in [6, 6.07) is 5.06. The molecule has 0 bridgehead atoms. The van der Waals surface area contributed by atoms with Crippen LogP contribution >= 0.6 is 0 Å². The fraction of sp³-hybridized carbons (Fsp3) is 0.385. The molecule has 1 unspecified atom stereocenters. The molecule has 1 atom stereocenters. The van der Waals surface area contributed by atoms with Crippen LogP contribution in [-0.2, 0) is 0 Å². The predicted molar refractivity (Wildman–Crippen MR) is 62.7 cm³/mol. The highest BCUT2D eigenvalue weighted by Gasteiger charge is 2.17. The van der Waals surface area contributed by atoms with Crippen LogP contribution < -0.4 is 0 Å². The molecule has 18 heavy (non-hydrogen) atoms. The van der Waals surface area contributed by atoms with E-state index in [2.05, 4.69) is 0 Å². The van der Waals surface area contributed by atoms with Crippen LogP contribution in [0.5, 0.6) is 0 Å². The van der Waals surface area contributed by atoms with E-state index in [1.54, 1.807) is 13.8 Å². The average Bonchev–Trinajstić information content (AvgIpc) is 2.38. The Morgan fingerprint density at radius 2 is 2.11 bits per heavy atom. The van der Waals surface area contributed by atoms with Gasteiger partial charge in [-0.1, -0.05) is 0 Å². The largest absolute Gasteiger partial charge is 0.338 e. The van der Waals surface area contributed by atoms with Gasteiger partial charge in [-0.05, 0) is 32.0 Å². The van der Waals surface area contributed by atoms with E-state index in [-0.39, 0.29) is 18.0 Å². The van der Waals surface area contributed by atoms with Crippen LogP contribution in [0.25, 0.3) is 0 Å². The molecule has 0 aliphatic heterocycles. The lowest BCUT2D eigenvalue weighted by Crippen LogP contribution is -2.34. The average molecular weight is 252 g/mol. The van der Waals surface area contributed by atoms with Crippen molar-refractivity contribution in [3.8, 4) is 6.07 Å². The molecule has 0 N–H and O–H groups in total. The monoisotopic (exact) mass is 252 g/mol. The van der Waals surface area contributed by atoms with Gasteiger partial charge in [-0.25, -0.2) is 8.78 Å². The van der Waals surface area contributed by atoms with Gasteiger partial charge in [0.15, 0.2) is 11.6 Å². The fourth-order valence-corrected chi connectivity index (χ4v) is 1.54. The third-order valence-corrected chi connectivity index (χ3v) is 2.55. The smallest absolute Gasteiger partial charge is 0.253 e. The summed E-state index contributed by atoms with van der Waals surface area (Å²) in [4.78, 5) is 13.4. The quantitative estimate of drug-likeness (QED) is 0.826. The molecule has 0 aliphatic rings. The highest BCUT2D eigenvalue weighted by molar-refractivity contribution is 5.94. The van der Waals surface area contributed by atoms with E-state index in [4.69, 9.17) is 5.26 Å². The molecule has 1 aromatic carbocycles. The summed E-state index contributed by atoms with van der Waals surface area (Å²) in [5, 5.41) is 8.71. The number of rotatable bonds is 4. The van der Waals surface area contributed by atoms with Gasteiger partial charge in [-0.2, -0.15) is 5.26 Å². The fourth-order valence-electron chi connectivity index (χ4n) is 1.54. The summed E-state index contributed by atoms with van der Waals surface area (Å²) in [6.45, 7) is 4.14. The maximum absolute atomic E-state index is 13.0. The molecule has 1 rings (SSSR count). The molecule has 3 nitrogen and oxygen atoms in total. The van der Waals surface area contributed by atoms with E-state index in [1.165, 1.54) is 11.0 Å². The first-order chi connectivity index (χ1) is 8.49. The SMILES string of the molecule is CCN(CC(C)C#N)C(=O)c1ccc(F)c(F)c1. The summed E-state index contributed by atoms with van der Waals surface area (Å²) in [5.41, 5.74) is 0.0842. The molecule has 96 valence electrons. The number of halogens is 2. The molecule has 5 heteroatoms. The third-order valence-electron chi connectivity index (χ3n) is 2.55. The summed E-state index contributed by atoms with van der Waals surface area (Å²) < 4.78 is 25.8. The molecule has 0 heterocycles. The molecule has 0 aromatic heterocycles. The van der Waals surface area contributed by atoms with Crippen molar-refractivity contribution in [2.24, 2.45) is 5.92 Å². The normalized spacial score (nSPS) is 11.7. The topological polar surface area (TPSA) is 44.1 Å². The molecule has 0 saturated heterocycles. The zero-order valence-corrected chi connectivity index (χ0v) is 10.3. The van der Waals surface area contributed by atoms with Crippen LogP contribution in [0.2, 0.25) is 0 Å². The summed E-state index contributed by atoms with van der Waals surface area (Å²) in [6.07, 6.45) is 0. The summed E-state index contributed by atoms with van der Waals surface area (Å²) in [7, 11) is 0. The Kier molecular flexibility index (Phi) is 4.78.